The summed E-state index contributed by atoms with van der Waals surface area (Å²) in [6.45, 7) is 2.13. The second-order valence-corrected chi connectivity index (χ2v) is 5.96. The van der Waals surface area contributed by atoms with Crippen molar-refractivity contribution in [2.45, 2.75) is 13.1 Å². The monoisotopic (exact) mass is 285 g/mol. The molecular formula is C12H20N3O3P. The average molecular weight is 285 g/mol. The second kappa shape index (κ2) is 7.28. The fourth-order valence-corrected chi connectivity index (χ4v) is 2.90. The summed E-state index contributed by atoms with van der Waals surface area (Å²) >= 11 is 0. The van der Waals surface area contributed by atoms with Gasteiger partial charge in [0.2, 0.25) is 0 Å². The molecule has 0 saturated heterocycles. The molecule has 19 heavy (non-hydrogen) atoms. The molecule has 106 valence electrons. The van der Waals surface area contributed by atoms with Crippen LogP contribution in [-0.4, -0.2) is 26.7 Å². The fourth-order valence-electron chi connectivity index (χ4n) is 1.53. The highest BCUT2D eigenvalue weighted by Crippen LogP contribution is 2.50. The van der Waals surface area contributed by atoms with Crippen molar-refractivity contribution in [2.24, 2.45) is 10.7 Å². The second-order valence-electron chi connectivity index (χ2n) is 3.80. The molecule has 0 heterocycles. The molecule has 0 bridgehead atoms. The van der Waals surface area contributed by atoms with Crippen molar-refractivity contribution in [2.75, 3.05) is 26.1 Å². The van der Waals surface area contributed by atoms with Crippen LogP contribution in [0.1, 0.15) is 12.5 Å². The molecule has 6 nitrogen and oxygen atoms in total. The zero-order valence-corrected chi connectivity index (χ0v) is 12.3. The lowest BCUT2D eigenvalue weighted by Crippen LogP contribution is -2.21. The molecule has 0 aliphatic rings. The van der Waals surface area contributed by atoms with Crippen molar-refractivity contribution in [3.63, 3.8) is 0 Å². The van der Waals surface area contributed by atoms with E-state index in [-0.39, 0.29) is 6.16 Å². The van der Waals surface area contributed by atoms with Gasteiger partial charge in [-0.1, -0.05) is 12.1 Å². The van der Waals surface area contributed by atoms with E-state index < -0.39 is 7.60 Å². The van der Waals surface area contributed by atoms with E-state index in [0.29, 0.717) is 12.6 Å². The van der Waals surface area contributed by atoms with Gasteiger partial charge in [-0.25, -0.2) is 0 Å². The molecule has 1 aromatic rings. The minimum atomic E-state index is -3.07. The summed E-state index contributed by atoms with van der Waals surface area (Å²) in [5.74, 6) is 0.317. The highest BCUT2D eigenvalue weighted by molar-refractivity contribution is 7.53. The highest BCUT2D eigenvalue weighted by atomic mass is 31.2. The van der Waals surface area contributed by atoms with Crippen LogP contribution in [0.4, 0.5) is 5.69 Å². The first-order valence-corrected chi connectivity index (χ1v) is 7.63. The minimum Gasteiger partial charge on any atom is -0.370 e. The number of hydrogen-bond acceptors (Lipinski definition) is 4. The molecule has 1 atom stereocenters. The molecule has 1 rings (SSSR count). The molecule has 0 radical (unpaired) electrons. The summed E-state index contributed by atoms with van der Waals surface area (Å²) in [4.78, 5) is 3.81. The van der Waals surface area contributed by atoms with Crippen molar-refractivity contribution in [3.05, 3.63) is 29.8 Å². The Kier molecular flexibility index (Phi) is 6.02. The molecule has 1 aromatic carbocycles. The lowest BCUT2D eigenvalue weighted by Gasteiger charge is -2.15. The van der Waals surface area contributed by atoms with E-state index in [1.165, 1.54) is 7.11 Å². The average Bonchev–Trinajstić information content (AvgIpc) is 2.39. The van der Waals surface area contributed by atoms with Crippen LogP contribution in [0.2, 0.25) is 0 Å². The van der Waals surface area contributed by atoms with Crippen LogP contribution in [0.5, 0.6) is 0 Å². The lowest BCUT2D eigenvalue weighted by atomic mass is 10.2. The summed E-state index contributed by atoms with van der Waals surface area (Å²) in [6, 6.07) is 7.38. The summed E-state index contributed by atoms with van der Waals surface area (Å²) in [6.07, 6.45) is 0.218. The predicted molar refractivity (Wildman–Crippen MR) is 77.6 cm³/mol. The van der Waals surface area contributed by atoms with Crippen LogP contribution in [0.15, 0.2) is 29.3 Å². The Bertz CT molecular complexity index is 491. The molecule has 3 N–H and O–H groups in total. The number of nitrogens with zero attached hydrogens (tertiary/aromatic N) is 1. The first kappa shape index (κ1) is 15.7. The molecule has 0 aromatic heterocycles. The van der Waals surface area contributed by atoms with Gasteiger partial charge in [0.15, 0.2) is 5.96 Å². The zero-order valence-electron chi connectivity index (χ0n) is 11.4. The molecular weight excluding hydrogens is 265 g/mol. The van der Waals surface area contributed by atoms with Crippen molar-refractivity contribution >= 4 is 19.2 Å². The summed E-state index contributed by atoms with van der Waals surface area (Å²) in [5.41, 5.74) is 7.21. The van der Waals surface area contributed by atoms with Gasteiger partial charge < -0.3 is 20.1 Å². The molecule has 0 saturated carbocycles. The third-order valence-corrected chi connectivity index (χ3v) is 4.38. The van der Waals surface area contributed by atoms with Gasteiger partial charge in [-0.05, 0) is 24.6 Å². The predicted octanol–water partition coefficient (Wildman–Crippen LogP) is 2.42. The number of hydrogen-bond donors (Lipinski definition) is 2. The molecule has 1 unspecified atom stereocenters. The van der Waals surface area contributed by atoms with Gasteiger partial charge in [-0.2, -0.15) is 0 Å². The number of nitrogens with one attached hydrogen (secondary N) is 1. The van der Waals surface area contributed by atoms with E-state index in [1.807, 2.05) is 24.3 Å². The first-order chi connectivity index (χ1) is 9.03. The topological polar surface area (TPSA) is 85.9 Å². The number of rotatable bonds is 6. The van der Waals surface area contributed by atoms with Crippen LogP contribution in [0.3, 0.4) is 0 Å². The molecule has 0 aliphatic heterocycles. The zero-order chi connectivity index (χ0) is 14.3. The Morgan fingerprint density at radius 1 is 1.53 bits per heavy atom. The number of guanidine groups is 1. The lowest BCUT2D eigenvalue weighted by molar-refractivity contribution is 0.243. The van der Waals surface area contributed by atoms with E-state index in [1.54, 1.807) is 14.0 Å². The van der Waals surface area contributed by atoms with Gasteiger partial charge in [-0.15, -0.1) is 0 Å². The standard InChI is InChI=1S/C12H20N3O3P/c1-4-18-19(16,17-3)9-10-6-5-7-11(8-10)15-12(13)14-2/h5-8H,4,9H2,1-3H3,(H3,13,14,15). The van der Waals surface area contributed by atoms with Gasteiger partial charge in [0.25, 0.3) is 0 Å². The van der Waals surface area contributed by atoms with Crippen LogP contribution < -0.4 is 11.1 Å². The first-order valence-electron chi connectivity index (χ1n) is 5.90. The van der Waals surface area contributed by atoms with E-state index >= 15 is 0 Å². The van der Waals surface area contributed by atoms with Crippen molar-refractivity contribution in [1.82, 2.24) is 0 Å². The molecule has 0 fully saturated rings. The summed E-state index contributed by atoms with van der Waals surface area (Å²) in [7, 11) is -0.0856. The van der Waals surface area contributed by atoms with E-state index in [2.05, 4.69) is 10.3 Å². The van der Waals surface area contributed by atoms with Crippen LogP contribution in [0.25, 0.3) is 0 Å². The number of aliphatic imine (C=N–C) groups is 1. The normalized spacial score (nSPS) is 15.0. The summed E-state index contributed by atoms with van der Waals surface area (Å²) < 4.78 is 22.4. The van der Waals surface area contributed by atoms with Crippen LogP contribution >= 0.6 is 7.60 Å². The Morgan fingerprint density at radius 2 is 2.26 bits per heavy atom. The number of benzene rings is 1. The Balaban J connectivity index is 2.84. The number of anilines is 1. The maximum atomic E-state index is 12.2. The van der Waals surface area contributed by atoms with Crippen molar-refractivity contribution < 1.29 is 13.6 Å². The fraction of sp³-hybridized carbons (Fsp3) is 0.417. The molecule has 7 heteroatoms. The van der Waals surface area contributed by atoms with Gasteiger partial charge in [0, 0.05) is 19.8 Å². The molecule has 0 spiro atoms. The van der Waals surface area contributed by atoms with Crippen molar-refractivity contribution in [3.8, 4) is 0 Å². The molecule has 0 aliphatic carbocycles. The maximum absolute atomic E-state index is 12.2. The van der Waals surface area contributed by atoms with Gasteiger partial charge >= 0.3 is 7.60 Å². The Labute approximate surface area is 113 Å². The Morgan fingerprint density at radius 3 is 2.84 bits per heavy atom. The third-order valence-electron chi connectivity index (χ3n) is 2.42. The van der Waals surface area contributed by atoms with Gasteiger partial charge in [-0.3, -0.25) is 9.56 Å². The summed E-state index contributed by atoms with van der Waals surface area (Å²) in [5, 5.41) is 2.92. The SMILES string of the molecule is CCOP(=O)(Cc1cccc(NC(N)=NC)c1)OC. The van der Waals surface area contributed by atoms with E-state index in [0.717, 1.165) is 11.3 Å². The maximum Gasteiger partial charge on any atom is 0.334 e. The van der Waals surface area contributed by atoms with E-state index in [4.69, 9.17) is 14.8 Å². The molecule has 0 amide bonds. The Hall–Kier alpha value is -1.36. The smallest absolute Gasteiger partial charge is 0.334 e. The highest BCUT2D eigenvalue weighted by Gasteiger charge is 2.22. The largest absolute Gasteiger partial charge is 0.370 e. The van der Waals surface area contributed by atoms with Gasteiger partial charge in [0.1, 0.15) is 0 Å². The van der Waals surface area contributed by atoms with Crippen molar-refractivity contribution in [1.29, 1.82) is 0 Å². The van der Waals surface area contributed by atoms with Crippen LogP contribution in [0, 0.1) is 0 Å². The minimum absolute atomic E-state index is 0.218. The quantitative estimate of drug-likeness (QED) is 0.476. The van der Waals surface area contributed by atoms with E-state index in [9.17, 15) is 4.57 Å². The van der Waals surface area contributed by atoms with Gasteiger partial charge in [0.05, 0.1) is 12.8 Å². The number of nitrogens with two attached hydrogens (primary N) is 1. The third kappa shape index (κ3) is 5.03. The van der Waals surface area contributed by atoms with Crippen LogP contribution in [-0.2, 0) is 19.8 Å².